The van der Waals surface area contributed by atoms with E-state index in [4.69, 9.17) is 9.15 Å². The molecule has 3 rings (SSSR count). The summed E-state index contributed by atoms with van der Waals surface area (Å²) in [5.74, 6) is 0.657. The van der Waals surface area contributed by atoms with E-state index in [9.17, 15) is 5.11 Å². The fraction of sp³-hybridized carbons (Fsp3) is 0.500. The number of ether oxygens (including phenoxy) is 1. The van der Waals surface area contributed by atoms with Crippen LogP contribution in [0.5, 0.6) is 0 Å². The molecule has 2 heterocycles. The van der Waals surface area contributed by atoms with Crippen molar-refractivity contribution in [3.05, 3.63) is 29.7 Å². The zero-order valence-corrected chi connectivity index (χ0v) is 10.9. The molecule has 0 spiro atoms. The Labute approximate surface area is 106 Å². The highest BCUT2D eigenvalue weighted by Gasteiger charge is 2.51. The molecule has 0 radical (unpaired) electrons. The summed E-state index contributed by atoms with van der Waals surface area (Å²) < 4.78 is 10.9. The Morgan fingerprint density at radius 2 is 2.06 bits per heavy atom. The summed E-state index contributed by atoms with van der Waals surface area (Å²) in [5, 5.41) is 10.4. The number of aromatic nitrogens is 1. The van der Waals surface area contributed by atoms with Crippen LogP contribution in [0.2, 0.25) is 0 Å². The largest absolute Gasteiger partial charge is 0.441 e. The molecule has 0 amide bonds. The Hall–Kier alpha value is -1.39. The standard InChI is InChI=1S/C14H17NO3/c1-9-15-11-5-4-10(6-12(11)18-9)14(7-17-8-14)13(2,3)16/h4-6,16H,7-8H2,1-3H3. The lowest BCUT2D eigenvalue weighted by Gasteiger charge is -2.49. The quantitative estimate of drug-likeness (QED) is 0.883. The number of aliphatic hydroxyl groups is 1. The van der Waals surface area contributed by atoms with Gasteiger partial charge in [0.25, 0.3) is 0 Å². The minimum absolute atomic E-state index is 0.345. The molecule has 1 aromatic heterocycles. The fourth-order valence-corrected chi connectivity index (χ4v) is 2.52. The van der Waals surface area contributed by atoms with E-state index < -0.39 is 5.60 Å². The van der Waals surface area contributed by atoms with Crippen molar-refractivity contribution in [3.8, 4) is 0 Å². The first kappa shape index (κ1) is 11.7. The predicted molar refractivity (Wildman–Crippen MR) is 67.5 cm³/mol. The summed E-state index contributed by atoms with van der Waals surface area (Å²) in [6, 6.07) is 5.91. The molecule has 1 aliphatic rings. The molecule has 0 bridgehead atoms. The van der Waals surface area contributed by atoms with Gasteiger partial charge in [-0.25, -0.2) is 4.98 Å². The third-order valence-electron chi connectivity index (χ3n) is 3.92. The van der Waals surface area contributed by atoms with Crippen LogP contribution in [0.25, 0.3) is 11.1 Å². The third-order valence-corrected chi connectivity index (χ3v) is 3.92. The van der Waals surface area contributed by atoms with Crippen LogP contribution in [-0.2, 0) is 10.2 Å². The lowest BCUT2D eigenvalue weighted by molar-refractivity contribution is -0.157. The SMILES string of the molecule is Cc1nc2ccc(C3(C(C)(C)O)COC3)cc2o1. The minimum Gasteiger partial charge on any atom is -0.441 e. The number of nitrogens with zero attached hydrogens (tertiary/aromatic N) is 1. The van der Waals surface area contributed by atoms with Crippen molar-refractivity contribution in [2.75, 3.05) is 13.2 Å². The van der Waals surface area contributed by atoms with Crippen molar-refractivity contribution < 1.29 is 14.3 Å². The van der Waals surface area contributed by atoms with Gasteiger partial charge in [-0.05, 0) is 31.5 Å². The van der Waals surface area contributed by atoms with Crippen LogP contribution in [0.1, 0.15) is 25.3 Å². The minimum atomic E-state index is -0.825. The van der Waals surface area contributed by atoms with Gasteiger partial charge < -0.3 is 14.3 Å². The molecule has 4 nitrogen and oxygen atoms in total. The summed E-state index contributed by atoms with van der Waals surface area (Å²) in [5.41, 5.74) is 1.49. The molecule has 0 aliphatic carbocycles. The second kappa shape index (κ2) is 3.56. The van der Waals surface area contributed by atoms with Crippen LogP contribution in [-0.4, -0.2) is 28.9 Å². The van der Waals surface area contributed by atoms with E-state index in [1.165, 1.54) is 0 Å². The first-order valence-electron chi connectivity index (χ1n) is 6.10. The van der Waals surface area contributed by atoms with Crippen molar-refractivity contribution in [1.82, 2.24) is 4.98 Å². The first-order valence-corrected chi connectivity index (χ1v) is 6.10. The van der Waals surface area contributed by atoms with E-state index in [-0.39, 0.29) is 5.41 Å². The van der Waals surface area contributed by atoms with Gasteiger partial charge in [-0.15, -0.1) is 0 Å². The topological polar surface area (TPSA) is 55.5 Å². The van der Waals surface area contributed by atoms with Gasteiger partial charge in [-0.2, -0.15) is 0 Å². The highest BCUT2D eigenvalue weighted by atomic mass is 16.5. The molecule has 1 fully saturated rings. The number of fused-ring (bicyclic) bond motifs is 1. The van der Waals surface area contributed by atoms with Crippen LogP contribution in [0.3, 0.4) is 0 Å². The highest BCUT2D eigenvalue weighted by molar-refractivity contribution is 5.74. The van der Waals surface area contributed by atoms with Crippen LogP contribution >= 0.6 is 0 Å². The number of rotatable bonds is 2. The third kappa shape index (κ3) is 1.49. The van der Waals surface area contributed by atoms with Crippen LogP contribution in [0, 0.1) is 6.92 Å². The van der Waals surface area contributed by atoms with E-state index in [0.717, 1.165) is 16.7 Å². The average molecular weight is 247 g/mol. The normalized spacial score (nSPS) is 18.9. The Balaban J connectivity index is 2.13. The van der Waals surface area contributed by atoms with Gasteiger partial charge in [-0.3, -0.25) is 0 Å². The number of hydrogen-bond donors (Lipinski definition) is 1. The molecule has 96 valence electrons. The van der Waals surface area contributed by atoms with E-state index in [0.29, 0.717) is 19.1 Å². The molecule has 1 N–H and O–H groups in total. The maximum atomic E-state index is 10.4. The molecule has 2 aromatic rings. The van der Waals surface area contributed by atoms with Gasteiger partial charge in [0.1, 0.15) is 5.52 Å². The van der Waals surface area contributed by atoms with Gasteiger partial charge in [-0.1, -0.05) is 6.07 Å². The maximum absolute atomic E-state index is 10.4. The van der Waals surface area contributed by atoms with Gasteiger partial charge >= 0.3 is 0 Å². The number of aryl methyl sites for hydroxylation is 1. The zero-order valence-electron chi connectivity index (χ0n) is 10.9. The molecule has 1 saturated heterocycles. The smallest absolute Gasteiger partial charge is 0.192 e. The number of hydrogen-bond acceptors (Lipinski definition) is 4. The van der Waals surface area contributed by atoms with Crippen molar-refractivity contribution in [1.29, 1.82) is 0 Å². The number of benzene rings is 1. The summed E-state index contributed by atoms with van der Waals surface area (Å²) >= 11 is 0. The van der Waals surface area contributed by atoms with E-state index in [2.05, 4.69) is 4.98 Å². The van der Waals surface area contributed by atoms with E-state index in [1.54, 1.807) is 0 Å². The molecule has 1 aromatic carbocycles. The Bertz CT molecular complexity index is 591. The van der Waals surface area contributed by atoms with Crippen molar-refractivity contribution in [2.24, 2.45) is 0 Å². The van der Waals surface area contributed by atoms with Gasteiger partial charge in [0, 0.05) is 6.92 Å². The average Bonchev–Trinajstić information content (AvgIpc) is 2.52. The molecular weight excluding hydrogens is 230 g/mol. The fourth-order valence-electron chi connectivity index (χ4n) is 2.52. The first-order chi connectivity index (χ1) is 8.42. The monoisotopic (exact) mass is 247 g/mol. The molecule has 0 atom stereocenters. The van der Waals surface area contributed by atoms with E-state index in [1.807, 2.05) is 39.0 Å². The number of oxazole rings is 1. The van der Waals surface area contributed by atoms with E-state index >= 15 is 0 Å². The summed E-state index contributed by atoms with van der Waals surface area (Å²) in [6.45, 7) is 6.55. The highest BCUT2D eigenvalue weighted by Crippen LogP contribution is 2.42. The Morgan fingerprint density at radius 3 is 2.61 bits per heavy atom. The lowest BCUT2D eigenvalue weighted by Crippen LogP contribution is -2.60. The van der Waals surface area contributed by atoms with Gasteiger partial charge in [0.05, 0.1) is 24.2 Å². The van der Waals surface area contributed by atoms with Crippen LogP contribution in [0.4, 0.5) is 0 Å². The van der Waals surface area contributed by atoms with Gasteiger partial charge in [0.2, 0.25) is 0 Å². The van der Waals surface area contributed by atoms with Crippen molar-refractivity contribution in [3.63, 3.8) is 0 Å². The molecule has 0 unspecified atom stereocenters. The summed E-state index contributed by atoms with van der Waals surface area (Å²) in [4.78, 5) is 4.28. The molecule has 4 heteroatoms. The van der Waals surface area contributed by atoms with Crippen LogP contribution in [0.15, 0.2) is 22.6 Å². The van der Waals surface area contributed by atoms with Crippen molar-refractivity contribution >= 4 is 11.1 Å². The Kier molecular flexibility index (Phi) is 2.31. The lowest BCUT2D eigenvalue weighted by atomic mass is 9.67. The zero-order chi connectivity index (χ0) is 13.0. The maximum Gasteiger partial charge on any atom is 0.192 e. The van der Waals surface area contributed by atoms with Crippen LogP contribution < -0.4 is 0 Å². The molecule has 1 aliphatic heterocycles. The Morgan fingerprint density at radius 1 is 1.33 bits per heavy atom. The second-order valence-corrected chi connectivity index (χ2v) is 5.55. The molecule has 18 heavy (non-hydrogen) atoms. The molecular formula is C14H17NO3. The summed E-state index contributed by atoms with van der Waals surface area (Å²) in [6.07, 6.45) is 0. The molecule has 0 saturated carbocycles. The summed E-state index contributed by atoms with van der Waals surface area (Å²) in [7, 11) is 0. The predicted octanol–water partition coefficient (Wildman–Crippen LogP) is 2.18. The van der Waals surface area contributed by atoms with Gasteiger partial charge in [0.15, 0.2) is 11.5 Å². The van der Waals surface area contributed by atoms with Crippen molar-refractivity contribution in [2.45, 2.75) is 31.8 Å². The second-order valence-electron chi connectivity index (χ2n) is 5.55.